The molecular formula is C18H19F3N2O. The zero-order chi connectivity index (χ0) is 17.7. The van der Waals surface area contributed by atoms with E-state index in [1.807, 2.05) is 6.92 Å². The highest BCUT2D eigenvalue weighted by Crippen LogP contribution is 2.37. The quantitative estimate of drug-likeness (QED) is 0.516. The lowest BCUT2D eigenvalue weighted by Gasteiger charge is -2.14. The highest BCUT2D eigenvalue weighted by molar-refractivity contribution is 5.65. The molecule has 6 heteroatoms. The van der Waals surface area contributed by atoms with Crippen molar-refractivity contribution in [1.29, 1.82) is 0 Å². The summed E-state index contributed by atoms with van der Waals surface area (Å²) < 4.78 is 45.8. The maximum absolute atomic E-state index is 13.7. The summed E-state index contributed by atoms with van der Waals surface area (Å²) >= 11 is 0. The standard InChI is InChI=1S/C18H19F3N2O/c1-4-23(3)11-22-15-9-12(2)17(10-13(15)18(20)21)24-16-8-6-5-7-14(16)19/h5-11,18H,4H2,1-3H3/b22-11-. The second kappa shape index (κ2) is 7.86. The molecule has 0 atom stereocenters. The minimum atomic E-state index is -2.72. The molecule has 2 aromatic rings. The molecule has 0 radical (unpaired) electrons. The van der Waals surface area contributed by atoms with Gasteiger partial charge in [-0.05, 0) is 43.7 Å². The van der Waals surface area contributed by atoms with E-state index in [0.29, 0.717) is 12.1 Å². The Balaban J connectivity index is 2.39. The first-order valence-corrected chi connectivity index (χ1v) is 7.51. The SMILES string of the molecule is CCN(C)/C=N\c1cc(C)c(Oc2ccccc2F)cc1C(F)F. The Kier molecular flexibility index (Phi) is 5.84. The zero-order valence-electron chi connectivity index (χ0n) is 13.8. The number of halogens is 3. The smallest absolute Gasteiger partial charge is 0.266 e. The zero-order valence-corrected chi connectivity index (χ0v) is 13.8. The first-order chi connectivity index (χ1) is 11.4. The molecule has 0 aliphatic rings. The molecule has 0 N–H and O–H groups in total. The summed E-state index contributed by atoms with van der Waals surface area (Å²) in [6, 6.07) is 8.56. The lowest BCUT2D eigenvalue weighted by molar-refractivity contribution is 0.151. The summed E-state index contributed by atoms with van der Waals surface area (Å²) in [5.74, 6) is -0.386. The molecule has 0 saturated heterocycles. The Morgan fingerprint density at radius 1 is 1.21 bits per heavy atom. The van der Waals surface area contributed by atoms with E-state index >= 15 is 0 Å². The minimum Gasteiger partial charge on any atom is -0.454 e. The van der Waals surface area contributed by atoms with Crippen molar-refractivity contribution in [3.8, 4) is 11.5 Å². The van der Waals surface area contributed by atoms with Crippen LogP contribution in [0.25, 0.3) is 0 Å². The third kappa shape index (κ3) is 4.28. The van der Waals surface area contributed by atoms with E-state index in [1.165, 1.54) is 36.7 Å². The van der Waals surface area contributed by atoms with Crippen LogP contribution in [0.2, 0.25) is 0 Å². The molecule has 0 amide bonds. The van der Waals surface area contributed by atoms with E-state index in [0.717, 1.165) is 0 Å². The van der Waals surface area contributed by atoms with Gasteiger partial charge in [0.2, 0.25) is 0 Å². The largest absolute Gasteiger partial charge is 0.454 e. The van der Waals surface area contributed by atoms with Crippen LogP contribution in [-0.2, 0) is 0 Å². The molecule has 2 rings (SSSR count). The van der Waals surface area contributed by atoms with Crippen LogP contribution in [0, 0.1) is 12.7 Å². The first-order valence-electron chi connectivity index (χ1n) is 7.51. The molecule has 0 heterocycles. The predicted molar refractivity (Wildman–Crippen MR) is 89.1 cm³/mol. The molecule has 3 nitrogen and oxygen atoms in total. The fourth-order valence-corrected chi connectivity index (χ4v) is 1.97. The van der Waals surface area contributed by atoms with Crippen LogP contribution in [0.15, 0.2) is 41.4 Å². The fraction of sp³-hybridized carbons (Fsp3) is 0.278. The molecule has 0 saturated carbocycles. The number of aliphatic imine (C=N–C) groups is 1. The normalized spacial score (nSPS) is 11.3. The van der Waals surface area contributed by atoms with E-state index in [9.17, 15) is 13.2 Å². The van der Waals surface area contributed by atoms with Crippen LogP contribution in [0.1, 0.15) is 24.5 Å². The Bertz CT molecular complexity index is 732. The number of ether oxygens (including phenoxy) is 1. The van der Waals surface area contributed by atoms with Gasteiger partial charge in [0.1, 0.15) is 5.75 Å². The highest BCUT2D eigenvalue weighted by atomic mass is 19.3. The van der Waals surface area contributed by atoms with Gasteiger partial charge in [-0.2, -0.15) is 0 Å². The second-order valence-corrected chi connectivity index (χ2v) is 5.33. The topological polar surface area (TPSA) is 24.8 Å². The average molecular weight is 336 g/mol. The predicted octanol–water partition coefficient (Wildman–Crippen LogP) is 5.48. The molecule has 0 aliphatic heterocycles. The van der Waals surface area contributed by atoms with E-state index in [1.54, 1.807) is 24.9 Å². The van der Waals surface area contributed by atoms with Gasteiger partial charge in [0, 0.05) is 19.2 Å². The van der Waals surface area contributed by atoms with Crippen LogP contribution in [-0.4, -0.2) is 24.8 Å². The van der Waals surface area contributed by atoms with Gasteiger partial charge in [0.25, 0.3) is 6.43 Å². The average Bonchev–Trinajstić information content (AvgIpc) is 2.56. The molecule has 0 unspecified atom stereocenters. The molecule has 0 fully saturated rings. The van der Waals surface area contributed by atoms with Crippen LogP contribution in [0.3, 0.4) is 0 Å². The van der Waals surface area contributed by atoms with Crippen molar-refractivity contribution in [3.05, 3.63) is 53.3 Å². The van der Waals surface area contributed by atoms with Gasteiger partial charge < -0.3 is 9.64 Å². The molecule has 0 spiro atoms. The van der Waals surface area contributed by atoms with E-state index in [-0.39, 0.29) is 22.7 Å². The molecular weight excluding hydrogens is 317 g/mol. The number of aryl methyl sites for hydroxylation is 1. The van der Waals surface area contributed by atoms with Crippen molar-refractivity contribution in [2.45, 2.75) is 20.3 Å². The van der Waals surface area contributed by atoms with Crippen molar-refractivity contribution < 1.29 is 17.9 Å². The molecule has 24 heavy (non-hydrogen) atoms. The summed E-state index contributed by atoms with van der Waals surface area (Å²) in [7, 11) is 1.80. The monoisotopic (exact) mass is 336 g/mol. The van der Waals surface area contributed by atoms with Crippen molar-refractivity contribution in [2.75, 3.05) is 13.6 Å². The number of para-hydroxylation sites is 1. The first kappa shape index (κ1) is 17.8. The van der Waals surface area contributed by atoms with Crippen molar-refractivity contribution in [1.82, 2.24) is 4.90 Å². The van der Waals surface area contributed by atoms with Crippen LogP contribution >= 0.6 is 0 Å². The number of alkyl halides is 2. The van der Waals surface area contributed by atoms with Gasteiger partial charge in [-0.15, -0.1) is 0 Å². The van der Waals surface area contributed by atoms with Crippen LogP contribution < -0.4 is 4.74 Å². The number of benzene rings is 2. The Morgan fingerprint density at radius 3 is 2.54 bits per heavy atom. The highest BCUT2D eigenvalue weighted by Gasteiger charge is 2.17. The maximum atomic E-state index is 13.7. The van der Waals surface area contributed by atoms with Gasteiger partial charge in [-0.1, -0.05) is 12.1 Å². The molecule has 0 aromatic heterocycles. The number of hydrogen-bond acceptors (Lipinski definition) is 2. The lowest BCUT2D eigenvalue weighted by atomic mass is 10.1. The Hall–Kier alpha value is -2.50. The summed E-state index contributed by atoms with van der Waals surface area (Å²) in [4.78, 5) is 5.89. The molecule has 2 aromatic carbocycles. The lowest BCUT2D eigenvalue weighted by Crippen LogP contribution is -2.14. The number of rotatable bonds is 6. The van der Waals surface area contributed by atoms with Gasteiger partial charge in [0.05, 0.1) is 12.0 Å². The van der Waals surface area contributed by atoms with Crippen molar-refractivity contribution >= 4 is 12.0 Å². The van der Waals surface area contributed by atoms with Gasteiger partial charge >= 0.3 is 0 Å². The summed E-state index contributed by atoms with van der Waals surface area (Å²) in [5.41, 5.74) is 0.505. The molecule has 128 valence electrons. The van der Waals surface area contributed by atoms with E-state index in [4.69, 9.17) is 4.74 Å². The van der Waals surface area contributed by atoms with Crippen molar-refractivity contribution in [3.63, 3.8) is 0 Å². The fourth-order valence-electron chi connectivity index (χ4n) is 1.97. The van der Waals surface area contributed by atoms with Gasteiger partial charge in [0.15, 0.2) is 11.6 Å². The van der Waals surface area contributed by atoms with Gasteiger partial charge in [-0.3, -0.25) is 0 Å². The Labute approximate surface area is 139 Å². The molecule has 0 aliphatic carbocycles. The second-order valence-electron chi connectivity index (χ2n) is 5.33. The number of hydrogen-bond donors (Lipinski definition) is 0. The summed E-state index contributed by atoms with van der Waals surface area (Å²) in [5, 5.41) is 0. The number of nitrogens with zero attached hydrogens (tertiary/aromatic N) is 2. The van der Waals surface area contributed by atoms with Crippen LogP contribution in [0.4, 0.5) is 18.9 Å². The third-order valence-electron chi connectivity index (χ3n) is 3.51. The van der Waals surface area contributed by atoms with E-state index < -0.39 is 12.2 Å². The maximum Gasteiger partial charge on any atom is 0.266 e. The summed E-state index contributed by atoms with van der Waals surface area (Å²) in [6.45, 7) is 4.34. The Morgan fingerprint density at radius 2 is 1.92 bits per heavy atom. The van der Waals surface area contributed by atoms with E-state index in [2.05, 4.69) is 4.99 Å². The molecule has 0 bridgehead atoms. The van der Waals surface area contributed by atoms with Gasteiger partial charge in [-0.25, -0.2) is 18.2 Å². The third-order valence-corrected chi connectivity index (χ3v) is 3.51. The van der Waals surface area contributed by atoms with Crippen LogP contribution in [0.5, 0.6) is 11.5 Å². The minimum absolute atomic E-state index is 0.0113. The van der Waals surface area contributed by atoms with Crippen molar-refractivity contribution in [2.24, 2.45) is 4.99 Å². The summed E-state index contributed by atoms with van der Waals surface area (Å²) in [6.07, 6.45) is -1.22.